The van der Waals surface area contributed by atoms with Crippen LogP contribution in [-0.4, -0.2) is 67.7 Å². The van der Waals surface area contributed by atoms with Crippen molar-refractivity contribution in [1.29, 1.82) is 0 Å². The highest BCUT2D eigenvalue weighted by Gasteiger charge is 2.34. The lowest BCUT2D eigenvalue weighted by molar-refractivity contribution is -0.154. The molecule has 2 aromatic carbocycles. The molecule has 0 atom stereocenters. The fourth-order valence-electron chi connectivity index (χ4n) is 4.09. The third-order valence-electron chi connectivity index (χ3n) is 5.92. The molecule has 198 valence electrons. The third-order valence-corrected chi connectivity index (χ3v) is 5.92. The van der Waals surface area contributed by atoms with Crippen LogP contribution in [0.25, 0.3) is 0 Å². The number of rotatable bonds is 15. The SMILES string of the molecule is COC(=O)C(C(=O)OC)c1ccc(OC)c(OC)c1CCCNCCCc1ccc(OC)c(OC)c1. The van der Waals surface area contributed by atoms with Crippen molar-refractivity contribution in [2.24, 2.45) is 0 Å². The molecule has 0 unspecified atom stereocenters. The summed E-state index contributed by atoms with van der Waals surface area (Å²) < 4.78 is 31.4. The molecule has 0 aliphatic heterocycles. The Bertz CT molecular complexity index is 992. The van der Waals surface area contributed by atoms with Crippen LogP contribution >= 0.6 is 0 Å². The molecule has 2 rings (SSSR count). The molecular weight excluding hydrogens is 466 g/mol. The molecule has 36 heavy (non-hydrogen) atoms. The molecular formula is C27H37NO8. The van der Waals surface area contributed by atoms with Gasteiger partial charge in [0.1, 0.15) is 0 Å². The zero-order valence-electron chi connectivity index (χ0n) is 22.0. The van der Waals surface area contributed by atoms with Crippen molar-refractivity contribution in [1.82, 2.24) is 5.32 Å². The van der Waals surface area contributed by atoms with E-state index < -0.39 is 17.9 Å². The fraction of sp³-hybridized carbons (Fsp3) is 0.481. The van der Waals surface area contributed by atoms with E-state index in [4.69, 9.17) is 28.4 Å². The highest BCUT2D eigenvalue weighted by molar-refractivity contribution is 6.01. The van der Waals surface area contributed by atoms with E-state index in [1.54, 1.807) is 33.5 Å². The Balaban J connectivity index is 2.02. The van der Waals surface area contributed by atoms with Gasteiger partial charge in [0.2, 0.25) is 0 Å². The quantitative estimate of drug-likeness (QED) is 0.223. The first kappa shape index (κ1) is 28.8. The van der Waals surface area contributed by atoms with Gasteiger partial charge in [0.05, 0.1) is 42.7 Å². The van der Waals surface area contributed by atoms with Crippen molar-refractivity contribution < 1.29 is 38.0 Å². The largest absolute Gasteiger partial charge is 0.493 e. The average molecular weight is 504 g/mol. The Labute approximate surface area is 213 Å². The Morgan fingerprint density at radius 2 is 1.31 bits per heavy atom. The lowest BCUT2D eigenvalue weighted by atomic mass is 9.90. The summed E-state index contributed by atoms with van der Waals surface area (Å²) in [6, 6.07) is 9.30. The number of esters is 2. The monoisotopic (exact) mass is 503 g/mol. The molecule has 0 bridgehead atoms. The third kappa shape index (κ3) is 7.27. The normalized spacial score (nSPS) is 10.6. The van der Waals surface area contributed by atoms with Gasteiger partial charge in [-0.3, -0.25) is 9.59 Å². The smallest absolute Gasteiger partial charge is 0.324 e. The summed E-state index contributed by atoms with van der Waals surface area (Å²) in [4.78, 5) is 24.9. The Morgan fingerprint density at radius 1 is 0.722 bits per heavy atom. The van der Waals surface area contributed by atoms with Crippen molar-refractivity contribution in [2.45, 2.75) is 31.6 Å². The number of hydrogen-bond donors (Lipinski definition) is 1. The Morgan fingerprint density at radius 3 is 1.86 bits per heavy atom. The molecule has 0 aliphatic rings. The maximum absolute atomic E-state index is 12.4. The van der Waals surface area contributed by atoms with E-state index in [1.807, 2.05) is 18.2 Å². The molecule has 9 nitrogen and oxygen atoms in total. The second-order valence-corrected chi connectivity index (χ2v) is 7.99. The van der Waals surface area contributed by atoms with Gasteiger partial charge in [-0.25, -0.2) is 0 Å². The maximum Gasteiger partial charge on any atom is 0.324 e. The van der Waals surface area contributed by atoms with Crippen LogP contribution in [-0.2, 0) is 31.9 Å². The van der Waals surface area contributed by atoms with Gasteiger partial charge in [-0.2, -0.15) is 0 Å². The summed E-state index contributed by atoms with van der Waals surface area (Å²) in [5, 5.41) is 3.45. The first-order valence-corrected chi connectivity index (χ1v) is 11.8. The predicted molar refractivity (Wildman–Crippen MR) is 135 cm³/mol. The number of hydrogen-bond acceptors (Lipinski definition) is 9. The van der Waals surface area contributed by atoms with Crippen LogP contribution in [0.3, 0.4) is 0 Å². The maximum atomic E-state index is 12.4. The number of ether oxygens (including phenoxy) is 6. The second-order valence-electron chi connectivity index (χ2n) is 7.99. The average Bonchev–Trinajstić information content (AvgIpc) is 2.92. The van der Waals surface area contributed by atoms with Gasteiger partial charge < -0.3 is 33.7 Å². The van der Waals surface area contributed by atoms with Gasteiger partial charge in [-0.15, -0.1) is 0 Å². The summed E-state index contributed by atoms with van der Waals surface area (Å²) in [7, 11) is 8.80. The second kappa shape index (κ2) is 14.8. The van der Waals surface area contributed by atoms with Crippen LogP contribution in [0, 0.1) is 0 Å². The standard InChI is InChI=1S/C27H37NO8/c1-31-21-13-11-18(17-23(21)33-3)9-7-15-28-16-8-10-20-19(12-14-22(32-2)25(20)34-4)24(26(29)35-5)27(30)36-6/h11-14,17,24,28H,7-10,15-16H2,1-6H3. The Hall–Kier alpha value is -3.46. The van der Waals surface area contributed by atoms with E-state index in [0.717, 1.165) is 38.1 Å². The van der Waals surface area contributed by atoms with E-state index in [-0.39, 0.29) is 0 Å². The van der Waals surface area contributed by atoms with Crippen molar-refractivity contribution in [3.63, 3.8) is 0 Å². The van der Waals surface area contributed by atoms with E-state index in [2.05, 4.69) is 5.32 Å². The summed E-state index contributed by atoms with van der Waals surface area (Å²) in [5.41, 5.74) is 2.38. The number of benzene rings is 2. The minimum Gasteiger partial charge on any atom is -0.493 e. The number of carbonyl (C=O) groups is 2. The van der Waals surface area contributed by atoms with Gasteiger partial charge in [0, 0.05) is 5.56 Å². The number of aryl methyl sites for hydroxylation is 1. The van der Waals surface area contributed by atoms with Gasteiger partial charge in [-0.1, -0.05) is 12.1 Å². The zero-order chi connectivity index (χ0) is 26.5. The van der Waals surface area contributed by atoms with Crippen LogP contribution in [0.2, 0.25) is 0 Å². The van der Waals surface area contributed by atoms with Crippen LogP contribution in [0.15, 0.2) is 30.3 Å². The first-order valence-electron chi connectivity index (χ1n) is 11.8. The van der Waals surface area contributed by atoms with E-state index in [9.17, 15) is 9.59 Å². The molecule has 0 saturated carbocycles. The molecule has 1 N–H and O–H groups in total. The summed E-state index contributed by atoms with van der Waals surface area (Å²) in [5.74, 6) is -0.137. The van der Waals surface area contributed by atoms with Crippen molar-refractivity contribution in [2.75, 3.05) is 55.7 Å². The van der Waals surface area contributed by atoms with Crippen molar-refractivity contribution >= 4 is 11.9 Å². The van der Waals surface area contributed by atoms with Crippen molar-refractivity contribution in [3.8, 4) is 23.0 Å². The summed E-state index contributed by atoms with van der Waals surface area (Å²) >= 11 is 0. The topological polar surface area (TPSA) is 102 Å². The molecule has 0 heterocycles. The summed E-state index contributed by atoms with van der Waals surface area (Å²) in [6.07, 6.45) is 3.17. The van der Waals surface area contributed by atoms with Crippen LogP contribution < -0.4 is 24.3 Å². The van der Waals surface area contributed by atoms with Crippen molar-refractivity contribution in [3.05, 3.63) is 47.0 Å². The van der Waals surface area contributed by atoms with Crippen LogP contribution in [0.1, 0.15) is 35.4 Å². The lowest BCUT2D eigenvalue weighted by Gasteiger charge is -2.21. The highest BCUT2D eigenvalue weighted by atomic mass is 16.5. The number of methoxy groups -OCH3 is 6. The Kier molecular flexibility index (Phi) is 11.9. The predicted octanol–water partition coefficient (Wildman–Crippen LogP) is 3.31. The number of nitrogens with one attached hydrogen (secondary N) is 1. The molecule has 9 heteroatoms. The highest BCUT2D eigenvalue weighted by Crippen LogP contribution is 2.38. The molecule has 0 amide bonds. The minimum atomic E-state index is -1.20. The molecule has 0 spiro atoms. The van der Waals surface area contributed by atoms with E-state index >= 15 is 0 Å². The van der Waals surface area contributed by atoms with Crippen LogP contribution in [0.4, 0.5) is 0 Å². The van der Waals surface area contributed by atoms with Gasteiger partial charge in [0.15, 0.2) is 28.9 Å². The van der Waals surface area contributed by atoms with Gasteiger partial charge in [0.25, 0.3) is 0 Å². The number of carbonyl (C=O) groups excluding carboxylic acids is 2. The molecule has 0 aromatic heterocycles. The molecule has 0 saturated heterocycles. The molecule has 0 aliphatic carbocycles. The fourth-order valence-corrected chi connectivity index (χ4v) is 4.09. The van der Waals surface area contributed by atoms with Gasteiger partial charge in [-0.05, 0) is 68.1 Å². The summed E-state index contributed by atoms with van der Waals surface area (Å²) in [6.45, 7) is 1.58. The molecule has 2 aromatic rings. The molecule has 0 fully saturated rings. The van der Waals surface area contributed by atoms with E-state index in [0.29, 0.717) is 34.8 Å². The molecule has 0 radical (unpaired) electrons. The zero-order valence-corrected chi connectivity index (χ0v) is 22.0. The lowest BCUT2D eigenvalue weighted by Crippen LogP contribution is -2.26. The minimum absolute atomic E-state index is 0.486. The first-order chi connectivity index (χ1) is 17.4. The van der Waals surface area contributed by atoms with Gasteiger partial charge >= 0.3 is 11.9 Å². The van der Waals surface area contributed by atoms with Crippen LogP contribution in [0.5, 0.6) is 23.0 Å². The van der Waals surface area contributed by atoms with E-state index in [1.165, 1.54) is 26.9 Å².